The minimum atomic E-state index is -0.483. The quantitative estimate of drug-likeness (QED) is 0.947. The van der Waals surface area contributed by atoms with Gasteiger partial charge in [0.2, 0.25) is 5.95 Å². The van der Waals surface area contributed by atoms with E-state index in [2.05, 4.69) is 15.5 Å². The van der Waals surface area contributed by atoms with Gasteiger partial charge in [-0.25, -0.2) is 4.39 Å². The summed E-state index contributed by atoms with van der Waals surface area (Å²) in [5.41, 5.74) is 0.205. The van der Waals surface area contributed by atoms with Crippen LogP contribution in [0.25, 0.3) is 0 Å². The number of halogens is 2. The van der Waals surface area contributed by atoms with E-state index in [1.165, 1.54) is 12.1 Å². The Morgan fingerprint density at radius 3 is 2.85 bits per heavy atom. The predicted octanol–water partition coefficient (Wildman–Crippen LogP) is 2.97. The van der Waals surface area contributed by atoms with E-state index in [1.807, 2.05) is 11.5 Å². The van der Waals surface area contributed by atoms with Crippen molar-refractivity contribution >= 4 is 23.5 Å². The normalized spacial score (nSPS) is 14.3. The molecule has 0 spiro atoms. The summed E-state index contributed by atoms with van der Waals surface area (Å²) in [5, 5.41) is 10.7. The Morgan fingerprint density at radius 2 is 2.20 bits per heavy atom. The Hall–Kier alpha value is -1.95. The molecule has 0 atom stereocenters. The zero-order chi connectivity index (χ0) is 14.3. The Bertz CT molecular complexity index is 681. The second kappa shape index (κ2) is 4.86. The van der Waals surface area contributed by atoms with E-state index in [1.54, 1.807) is 0 Å². The molecule has 0 unspecified atom stereocenters. The van der Waals surface area contributed by atoms with E-state index in [4.69, 9.17) is 11.6 Å². The third-order valence-electron chi connectivity index (χ3n) is 3.18. The van der Waals surface area contributed by atoms with Crippen LogP contribution in [0.3, 0.4) is 0 Å². The number of hydrogen-bond donors (Lipinski definition) is 1. The molecule has 7 heteroatoms. The Morgan fingerprint density at radius 1 is 1.45 bits per heavy atom. The van der Waals surface area contributed by atoms with Gasteiger partial charge in [-0.15, -0.1) is 10.2 Å². The number of hydrogen-bond acceptors (Lipinski definition) is 3. The molecular formula is C13H12ClFN4O. The van der Waals surface area contributed by atoms with Gasteiger partial charge in [-0.05, 0) is 38.0 Å². The van der Waals surface area contributed by atoms with Crippen LogP contribution in [0.15, 0.2) is 18.2 Å². The molecule has 2 aromatic rings. The maximum absolute atomic E-state index is 13.0. The summed E-state index contributed by atoms with van der Waals surface area (Å²) >= 11 is 5.87. The molecule has 3 rings (SSSR count). The van der Waals surface area contributed by atoms with Crippen LogP contribution >= 0.6 is 11.6 Å². The minimum absolute atomic E-state index is 0.0664. The second-order valence-electron chi connectivity index (χ2n) is 4.75. The number of aromatic nitrogens is 3. The monoisotopic (exact) mass is 294 g/mol. The Kier molecular flexibility index (Phi) is 3.17. The number of carbonyl (C=O) groups excluding carboxylic acids is 1. The first-order chi connectivity index (χ1) is 9.56. The van der Waals surface area contributed by atoms with E-state index in [0.717, 1.165) is 24.7 Å². The van der Waals surface area contributed by atoms with E-state index in [-0.39, 0.29) is 10.6 Å². The molecule has 1 heterocycles. The average molecular weight is 295 g/mol. The summed E-state index contributed by atoms with van der Waals surface area (Å²) in [6.45, 7) is 1.84. The van der Waals surface area contributed by atoms with Crippen molar-refractivity contribution in [3.63, 3.8) is 0 Å². The van der Waals surface area contributed by atoms with Gasteiger partial charge in [0.25, 0.3) is 5.91 Å². The van der Waals surface area contributed by atoms with Gasteiger partial charge in [-0.3, -0.25) is 14.7 Å². The molecule has 1 aromatic heterocycles. The Labute approximate surface area is 119 Å². The zero-order valence-corrected chi connectivity index (χ0v) is 11.5. The number of anilines is 1. The summed E-state index contributed by atoms with van der Waals surface area (Å²) in [6.07, 6.45) is 2.11. The standard InChI is InChI=1S/C13H12ClFN4O/c1-7-17-18-13(19(7)9-3-4-9)16-12(20)10-5-2-8(15)6-11(10)14/h2,5-6,9H,3-4H2,1H3,(H,16,18,20). The SMILES string of the molecule is Cc1nnc(NC(=O)c2ccc(F)cc2Cl)n1C1CC1. The van der Waals surface area contributed by atoms with Crippen LogP contribution in [0.5, 0.6) is 0 Å². The van der Waals surface area contributed by atoms with Crippen LogP contribution in [0.2, 0.25) is 5.02 Å². The van der Waals surface area contributed by atoms with Crippen LogP contribution < -0.4 is 5.32 Å². The van der Waals surface area contributed by atoms with E-state index in [9.17, 15) is 9.18 Å². The fourth-order valence-electron chi connectivity index (χ4n) is 2.07. The lowest BCUT2D eigenvalue weighted by molar-refractivity contribution is 0.102. The first-order valence-electron chi connectivity index (χ1n) is 6.24. The van der Waals surface area contributed by atoms with Gasteiger partial charge in [-0.2, -0.15) is 0 Å². The maximum Gasteiger partial charge on any atom is 0.259 e. The zero-order valence-electron chi connectivity index (χ0n) is 10.7. The van der Waals surface area contributed by atoms with Gasteiger partial charge < -0.3 is 0 Å². The molecule has 1 aliphatic carbocycles. The molecule has 0 radical (unpaired) electrons. The first kappa shape index (κ1) is 13.1. The molecule has 1 N–H and O–H groups in total. The third kappa shape index (κ3) is 2.38. The third-order valence-corrected chi connectivity index (χ3v) is 3.49. The maximum atomic E-state index is 13.0. The van der Waals surface area contributed by atoms with Gasteiger partial charge in [0.15, 0.2) is 0 Å². The molecule has 1 saturated carbocycles. The molecule has 20 heavy (non-hydrogen) atoms. The van der Waals surface area contributed by atoms with Crippen molar-refractivity contribution in [1.82, 2.24) is 14.8 Å². The molecule has 5 nitrogen and oxygen atoms in total. The molecule has 0 bridgehead atoms. The number of rotatable bonds is 3. The molecule has 0 saturated heterocycles. The lowest BCUT2D eigenvalue weighted by atomic mass is 10.2. The molecular weight excluding hydrogens is 283 g/mol. The van der Waals surface area contributed by atoms with E-state index >= 15 is 0 Å². The highest BCUT2D eigenvalue weighted by molar-refractivity contribution is 6.34. The van der Waals surface area contributed by atoms with Crippen LogP contribution in [0, 0.1) is 12.7 Å². The second-order valence-corrected chi connectivity index (χ2v) is 5.16. The minimum Gasteiger partial charge on any atom is -0.294 e. The topological polar surface area (TPSA) is 59.8 Å². The van der Waals surface area contributed by atoms with Crippen LogP contribution in [-0.4, -0.2) is 20.7 Å². The van der Waals surface area contributed by atoms with Gasteiger partial charge >= 0.3 is 0 Å². The number of carbonyl (C=O) groups is 1. The summed E-state index contributed by atoms with van der Waals surface area (Å²) in [5.74, 6) is 0.247. The van der Waals surface area contributed by atoms with Crippen LogP contribution in [0.1, 0.15) is 35.1 Å². The predicted molar refractivity (Wildman–Crippen MR) is 72.4 cm³/mol. The highest BCUT2D eigenvalue weighted by Crippen LogP contribution is 2.37. The number of aryl methyl sites for hydroxylation is 1. The van der Waals surface area contributed by atoms with Gasteiger partial charge in [0, 0.05) is 6.04 Å². The summed E-state index contributed by atoms with van der Waals surface area (Å²) in [4.78, 5) is 12.2. The van der Waals surface area contributed by atoms with Crippen LogP contribution in [0.4, 0.5) is 10.3 Å². The number of benzene rings is 1. The summed E-state index contributed by atoms with van der Waals surface area (Å²) < 4.78 is 14.9. The van der Waals surface area contributed by atoms with E-state index in [0.29, 0.717) is 12.0 Å². The van der Waals surface area contributed by atoms with Crippen molar-refractivity contribution in [3.8, 4) is 0 Å². The molecule has 1 amide bonds. The Balaban J connectivity index is 1.86. The summed E-state index contributed by atoms with van der Waals surface area (Å²) in [7, 11) is 0. The number of nitrogens with zero attached hydrogens (tertiary/aromatic N) is 3. The largest absolute Gasteiger partial charge is 0.294 e. The van der Waals surface area contributed by atoms with Crippen molar-refractivity contribution in [2.45, 2.75) is 25.8 Å². The highest BCUT2D eigenvalue weighted by atomic mass is 35.5. The molecule has 104 valence electrons. The van der Waals surface area contributed by atoms with Crippen molar-refractivity contribution in [2.75, 3.05) is 5.32 Å². The lowest BCUT2D eigenvalue weighted by Gasteiger charge is -2.09. The number of amides is 1. The van der Waals surface area contributed by atoms with Crippen molar-refractivity contribution in [3.05, 3.63) is 40.4 Å². The van der Waals surface area contributed by atoms with Crippen molar-refractivity contribution < 1.29 is 9.18 Å². The summed E-state index contributed by atoms with van der Waals surface area (Å²) in [6, 6.07) is 3.99. The van der Waals surface area contributed by atoms with Crippen molar-refractivity contribution in [1.29, 1.82) is 0 Å². The highest BCUT2D eigenvalue weighted by Gasteiger charge is 2.29. The number of nitrogens with one attached hydrogen (secondary N) is 1. The van der Waals surface area contributed by atoms with Crippen molar-refractivity contribution in [2.24, 2.45) is 0 Å². The molecule has 1 fully saturated rings. The van der Waals surface area contributed by atoms with Gasteiger partial charge in [0.05, 0.1) is 10.6 Å². The molecule has 0 aliphatic heterocycles. The van der Waals surface area contributed by atoms with Crippen LogP contribution in [-0.2, 0) is 0 Å². The fourth-order valence-corrected chi connectivity index (χ4v) is 2.32. The molecule has 1 aliphatic rings. The van der Waals surface area contributed by atoms with Gasteiger partial charge in [0.1, 0.15) is 11.6 Å². The molecule has 1 aromatic carbocycles. The first-order valence-corrected chi connectivity index (χ1v) is 6.62. The van der Waals surface area contributed by atoms with E-state index < -0.39 is 11.7 Å². The average Bonchev–Trinajstić information content (AvgIpc) is 3.15. The van der Waals surface area contributed by atoms with Gasteiger partial charge in [-0.1, -0.05) is 11.6 Å². The fraction of sp³-hybridized carbons (Fsp3) is 0.308. The smallest absolute Gasteiger partial charge is 0.259 e. The lowest BCUT2D eigenvalue weighted by Crippen LogP contribution is -2.16.